The van der Waals surface area contributed by atoms with Crippen LogP contribution >= 0.6 is 15.9 Å². The molecule has 0 radical (unpaired) electrons. The summed E-state index contributed by atoms with van der Waals surface area (Å²) >= 11 is 2.94. The largest absolute Gasteiger partial charge is 0.0966 e. The molecule has 2 aromatic rings. The lowest BCUT2D eigenvalue weighted by Gasteiger charge is -1.98. The van der Waals surface area contributed by atoms with E-state index < -0.39 is 0 Å². The zero-order chi connectivity index (χ0) is 10.7. The maximum Gasteiger partial charge on any atom is -0.00135 e. The van der Waals surface area contributed by atoms with Crippen LogP contribution < -0.4 is 0 Å². The van der Waals surface area contributed by atoms with E-state index in [4.69, 9.17) is 0 Å². The Bertz CT molecular complexity index is 417. The first kappa shape index (κ1) is 10.4. The highest BCUT2D eigenvalue weighted by Gasteiger charge is 2.15. The van der Waals surface area contributed by atoms with Crippen LogP contribution in [0.1, 0.15) is 11.1 Å². The third-order valence-electron chi connectivity index (χ3n) is 2.71. The summed E-state index contributed by atoms with van der Waals surface area (Å²) < 4.78 is 0. The highest BCUT2D eigenvalue weighted by atomic mass is 79.9. The molecule has 2 aromatic carbocycles. The summed E-state index contributed by atoms with van der Waals surface area (Å²) in [6, 6.07) is 17.3. The number of alkyl halides is 1. The smallest absolute Gasteiger partial charge is 0.00135 e. The number of benzene rings is 2. The van der Waals surface area contributed by atoms with Crippen LogP contribution in [0.25, 0.3) is 11.1 Å². The van der Waals surface area contributed by atoms with Crippen molar-refractivity contribution in [1.29, 1.82) is 0 Å². The van der Waals surface area contributed by atoms with Crippen molar-refractivity contribution in [3.05, 3.63) is 59.7 Å². The fourth-order valence-corrected chi connectivity index (χ4v) is 2.08. The summed E-state index contributed by atoms with van der Waals surface area (Å²) in [4.78, 5) is 0. The zero-order valence-corrected chi connectivity index (χ0v) is 10.3. The summed E-state index contributed by atoms with van der Waals surface area (Å²) in [6.07, 6.45) is 1.10. The Kier molecular flexibility index (Phi) is 3.22. The quantitative estimate of drug-likeness (QED) is 0.530. The molecule has 0 saturated heterocycles. The van der Waals surface area contributed by atoms with Crippen LogP contribution in [0.5, 0.6) is 0 Å². The summed E-state index contributed by atoms with van der Waals surface area (Å²) in [7, 11) is 0. The van der Waals surface area contributed by atoms with E-state index in [9.17, 15) is 0 Å². The monoisotopic (exact) mass is 260 g/mol. The molecular weight excluding hydrogens is 248 g/mol. The van der Waals surface area contributed by atoms with Gasteiger partial charge in [-0.2, -0.15) is 0 Å². The number of rotatable bonds is 0. The van der Waals surface area contributed by atoms with Crippen molar-refractivity contribution >= 4 is 15.9 Å². The first-order chi connectivity index (χ1) is 7.45. The lowest BCUT2D eigenvalue weighted by Crippen LogP contribution is -1.77. The van der Waals surface area contributed by atoms with E-state index in [1.54, 1.807) is 0 Å². The molecule has 0 bridgehead atoms. The zero-order valence-electron chi connectivity index (χ0n) is 8.70. The molecule has 3 rings (SSSR count). The van der Waals surface area contributed by atoms with E-state index in [1.807, 2.05) is 5.83 Å². The number of halogens is 1. The predicted molar refractivity (Wildman–Crippen MR) is 69.5 cm³/mol. The molecule has 1 aliphatic carbocycles. The van der Waals surface area contributed by atoms with Gasteiger partial charge in [0, 0.05) is 0 Å². The van der Waals surface area contributed by atoms with Gasteiger partial charge >= 0.3 is 0 Å². The Morgan fingerprint density at radius 2 is 1.13 bits per heavy atom. The summed E-state index contributed by atoms with van der Waals surface area (Å²) in [5.74, 6) is 1.81. The molecule has 0 saturated carbocycles. The van der Waals surface area contributed by atoms with Crippen molar-refractivity contribution in [3.63, 3.8) is 0 Å². The van der Waals surface area contributed by atoms with E-state index in [1.165, 1.54) is 22.3 Å². The predicted octanol–water partition coefficient (Wildman–Crippen LogP) is 4.27. The van der Waals surface area contributed by atoms with Crippen LogP contribution in [-0.4, -0.2) is 5.83 Å². The summed E-state index contributed by atoms with van der Waals surface area (Å²) in [6.45, 7) is 0. The van der Waals surface area contributed by atoms with Gasteiger partial charge in [-0.3, -0.25) is 0 Å². The minimum Gasteiger partial charge on any atom is -0.0966 e. The molecule has 0 heterocycles. The van der Waals surface area contributed by atoms with Crippen LogP contribution in [0.2, 0.25) is 0 Å². The minimum absolute atomic E-state index is 1.10. The number of hydrogen-bond acceptors (Lipinski definition) is 0. The van der Waals surface area contributed by atoms with Crippen LogP contribution in [0.4, 0.5) is 0 Å². The van der Waals surface area contributed by atoms with Crippen LogP contribution in [0, 0.1) is 0 Å². The minimum atomic E-state index is 1.10. The lowest BCUT2D eigenvalue weighted by atomic mass is 10.1. The van der Waals surface area contributed by atoms with Crippen LogP contribution in [0.15, 0.2) is 48.5 Å². The van der Waals surface area contributed by atoms with Crippen molar-refractivity contribution in [2.75, 3.05) is 5.83 Å². The van der Waals surface area contributed by atoms with Crippen molar-refractivity contribution in [1.82, 2.24) is 0 Å². The number of hydrogen-bond donors (Lipinski definition) is 0. The molecule has 15 heavy (non-hydrogen) atoms. The Morgan fingerprint density at radius 1 is 0.733 bits per heavy atom. The second-order valence-electron chi connectivity index (χ2n) is 3.49. The summed E-state index contributed by atoms with van der Waals surface area (Å²) in [5, 5.41) is 0. The average molecular weight is 261 g/mol. The number of fused-ring (bicyclic) bond motifs is 3. The van der Waals surface area contributed by atoms with Crippen molar-refractivity contribution in [3.8, 4) is 11.1 Å². The summed E-state index contributed by atoms with van der Waals surface area (Å²) in [5.41, 5.74) is 5.75. The van der Waals surface area contributed by atoms with Crippen molar-refractivity contribution < 1.29 is 0 Å². The molecule has 0 N–H and O–H groups in total. The van der Waals surface area contributed by atoms with Gasteiger partial charge in [-0.1, -0.05) is 64.5 Å². The molecule has 76 valence electrons. The van der Waals surface area contributed by atoms with E-state index in [-0.39, 0.29) is 0 Å². The second-order valence-corrected chi connectivity index (χ2v) is 3.49. The van der Waals surface area contributed by atoms with E-state index in [2.05, 4.69) is 64.5 Å². The van der Waals surface area contributed by atoms with Gasteiger partial charge in [-0.05, 0) is 34.5 Å². The third-order valence-corrected chi connectivity index (χ3v) is 2.71. The molecule has 1 heteroatoms. The topological polar surface area (TPSA) is 0 Å². The van der Waals surface area contributed by atoms with Gasteiger partial charge in [-0.25, -0.2) is 0 Å². The standard InChI is InChI=1S/C13H10.CH3Br/c1-3-7-12-10(5-1)9-11-6-2-4-8-13(11)12;1-2/h1-8H,9H2;1H3. The Hall–Kier alpha value is -1.08. The molecule has 0 nitrogen and oxygen atoms in total. The Morgan fingerprint density at radius 3 is 1.60 bits per heavy atom. The molecule has 0 amide bonds. The highest BCUT2D eigenvalue weighted by Crippen LogP contribution is 2.35. The molecule has 0 unspecified atom stereocenters. The Labute approximate surface area is 99.1 Å². The van der Waals surface area contributed by atoms with Crippen molar-refractivity contribution in [2.24, 2.45) is 0 Å². The van der Waals surface area contributed by atoms with Gasteiger partial charge in [-0.15, -0.1) is 0 Å². The highest BCUT2D eigenvalue weighted by molar-refractivity contribution is 9.08. The molecule has 0 aromatic heterocycles. The normalized spacial score (nSPS) is 11.1. The fourth-order valence-electron chi connectivity index (χ4n) is 2.08. The van der Waals surface area contributed by atoms with Gasteiger partial charge < -0.3 is 0 Å². The van der Waals surface area contributed by atoms with Crippen molar-refractivity contribution in [2.45, 2.75) is 6.42 Å². The van der Waals surface area contributed by atoms with Gasteiger partial charge in [0.2, 0.25) is 0 Å². The second kappa shape index (κ2) is 4.63. The molecule has 0 atom stereocenters. The SMILES string of the molecule is CBr.c1ccc2c(c1)Cc1ccccc1-2. The lowest BCUT2D eigenvalue weighted by molar-refractivity contribution is 1.26. The maximum atomic E-state index is 2.94. The fraction of sp³-hybridized carbons (Fsp3) is 0.143. The molecular formula is C14H13Br. The molecule has 0 fully saturated rings. The van der Waals surface area contributed by atoms with Crippen LogP contribution in [-0.2, 0) is 6.42 Å². The van der Waals surface area contributed by atoms with Gasteiger partial charge in [0.1, 0.15) is 0 Å². The van der Waals surface area contributed by atoms with Gasteiger partial charge in [0.25, 0.3) is 0 Å². The first-order valence-corrected chi connectivity index (χ1v) is 6.58. The molecule has 1 aliphatic rings. The van der Waals surface area contributed by atoms with Gasteiger partial charge in [0.05, 0.1) is 0 Å². The van der Waals surface area contributed by atoms with E-state index in [0.29, 0.717) is 0 Å². The van der Waals surface area contributed by atoms with E-state index in [0.717, 1.165) is 6.42 Å². The van der Waals surface area contributed by atoms with E-state index >= 15 is 0 Å². The average Bonchev–Trinajstić information content (AvgIpc) is 2.70. The molecule has 0 aliphatic heterocycles. The maximum absolute atomic E-state index is 2.94. The van der Waals surface area contributed by atoms with Crippen LogP contribution in [0.3, 0.4) is 0 Å². The molecule has 0 spiro atoms. The Balaban J connectivity index is 0.000000404. The van der Waals surface area contributed by atoms with Gasteiger partial charge in [0.15, 0.2) is 0 Å². The first-order valence-electron chi connectivity index (χ1n) is 4.99. The third kappa shape index (κ3) is 1.84.